The summed E-state index contributed by atoms with van der Waals surface area (Å²) in [5.74, 6) is -0.312. The van der Waals surface area contributed by atoms with Crippen molar-refractivity contribution in [2.24, 2.45) is 0 Å². The molecule has 0 aromatic rings. The first-order valence-corrected chi connectivity index (χ1v) is 30.3. The van der Waals surface area contributed by atoms with Gasteiger partial charge in [-0.2, -0.15) is 0 Å². The molecule has 0 heterocycles. The number of phosphoric acid groups is 1. The number of nitrogens with zero attached hydrogens (tertiary/aromatic N) is 1. The summed E-state index contributed by atoms with van der Waals surface area (Å²) in [6.45, 7) is 4.04. The van der Waals surface area contributed by atoms with Crippen molar-refractivity contribution in [1.29, 1.82) is 0 Å². The topological polar surface area (TPSA) is 128 Å². The number of amides is 1. The second-order valence-corrected chi connectivity index (χ2v) is 21.4. The summed E-state index contributed by atoms with van der Waals surface area (Å²) in [7, 11) is 1.06. The molecule has 0 rings (SSSR count). The molecule has 4 atom stereocenters. The highest BCUT2D eigenvalue weighted by molar-refractivity contribution is 7.45. The van der Waals surface area contributed by atoms with Gasteiger partial charge in [-0.3, -0.25) is 9.36 Å². The van der Waals surface area contributed by atoms with Gasteiger partial charge >= 0.3 is 0 Å². The van der Waals surface area contributed by atoms with E-state index in [-0.39, 0.29) is 25.4 Å². The summed E-state index contributed by atoms with van der Waals surface area (Å²) in [5.41, 5.74) is 0. The van der Waals surface area contributed by atoms with E-state index in [1.807, 2.05) is 28.1 Å². The summed E-state index contributed by atoms with van der Waals surface area (Å²) in [6, 6.07) is -1.12. The van der Waals surface area contributed by atoms with Crippen LogP contribution in [0.3, 0.4) is 0 Å². The van der Waals surface area contributed by atoms with E-state index in [2.05, 4.69) is 170 Å². The van der Waals surface area contributed by atoms with Crippen molar-refractivity contribution in [3.8, 4) is 0 Å². The Balaban J connectivity index is 4.22. The van der Waals surface area contributed by atoms with Crippen LogP contribution in [-0.4, -0.2) is 79.8 Å². The van der Waals surface area contributed by atoms with E-state index in [0.29, 0.717) is 23.9 Å². The van der Waals surface area contributed by atoms with Crippen molar-refractivity contribution in [2.45, 2.75) is 205 Å². The molecule has 424 valence electrons. The molecule has 0 aliphatic heterocycles. The van der Waals surface area contributed by atoms with E-state index in [0.717, 1.165) is 122 Å². The van der Waals surface area contributed by atoms with Gasteiger partial charge in [-0.05, 0) is 135 Å². The second kappa shape index (κ2) is 53.5. The largest absolute Gasteiger partial charge is 0.756 e. The van der Waals surface area contributed by atoms with Gasteiger partial charge in [0.15, 0.2) is 0 Å². The molecule has 0 bridgehead atoms. The number of carbonyl (C=O) groups excluding carboxylic acids is 1. The number of phosphoric ester groups is 1. The minimum absolute atomic E-state index is 0.0605. The maximum absolute atomic E-state index is 13.0. The van der Waals surface area contributed by atoms with Crippen molar-refractivity contribution >= 4 is 13.7 Å². The van der Waals surface area contributed by atoms with Crippen molar-refractivity contribution in [1.82, 2.24) is 5.32 Å². The highest BCUT2D eigenvalue weighted by Gasteiger charge is 2.29. The zero-order valence-electron chi connectivity index (χ0n) is 47.8. The summed E-state index contributed by atoms with van der Waals surface area (Å²) >= 11 is 0. The Bertz CT molecular complexity index is 1790. The second-order valence-electron chi connectivity index (χ2n) is 20.0. The van der Waals surface area contributed by atoms with Gasteiger partial charge in [0.25, 0.3) is 7.82 Å². The number of aliphatic hydroxyl groups is 2. The van der Waals surface area contributed by atoms with Crippen molar-refractivity contribution < 1.29 is 38.0 Å². The van der Waals surface area contributed by atoms with Gasteiger partial charge in [-0.1, -0.05) is 203 Å². The number of aliphatic hydroxyl groups excluding tert-OH is 2. The van der Waals surface area contributed by atoms with Crippen LogP contribution in [0.15, 0.2) is 158 Å². The van der Waals surface area contributed by atoms with Crippen LogP contribution in [-0.2, 0) is 18.4 Å². The normalized spacial score (nSPS) is 15.5. The number of likely N-dealkylation sites (N-methyl/N-ethyl adjacent to an activating group) is 1. The Morgan fingerprint density at radius 1 is 0.507 bits per heavy atom. The molecule has 75 heavy (non-hydrogen) atoms. The molecular formula is C65H107N2O7P. The number of nitrogens with one attached hydrogen (secondary N) is 1. The Hall–Kier alpha value is -3.92. The lowest BCUT2D eigenvalue weighted by Crippen LogP contribution is -2.51. The molecule has 3 N–H and O–H groups in total. The lowest BCUT2D eigenvalue weighted by molar-refractivity contribution is -0.870. The fourth-order valence-corrected chi connectivity index (χ4v) is 8.10. The summed E-state index contributed by atoms with van der Waals surface area (Å²) in [4.78, 5) is 25.5. The standard InChI is InChI=1S/C65H107N2O7P/c1-6-8-10-12-14-16-18-20-21-22-23-24-25-26-27-28-29-30-31-32-33-34-35-36-37-38-39-40-41-42-43-44-45-46-48-50-52-54-56-58-64(69)66-62(61-74-75(71,72)73-60-59-67(3,4)5)65(70)63(68)57-55-53-51-49-47-19-17-15-13-11-9-7-2/h7-10,14-17,20-21,23-24,26-27,29-30,32-33,35-36,38-39,41-42,49,51,62-63,65,68,70H,6,11-13,18-19,22,25,28,31,34,37,40,43-48,50,52-61H2,1-5H3,(H-,66,69,71,72)/b9-7+,10-8-,16-14-,17-15+,21-20-,24-23-,27-26-,30-29-,33-32-,36-35-,39-38-,42-41-,51-49+. The predicted molar refractivity (Wildman–Crippen MR) is 321 cm³/mol. The van der Waals surface area contributed by atoms with E-state index >= 15 is 0 Å². The first-order valence-electron chi connectivity index (χ1n) is 28.9. The summed E-state index contributed by atoms with van der Waals surface area (Å²) < 4.78 is 23.2. The monoisotopic (exact) mass is 1060 g/mol. The van der Waals surface area contributed by atoms with Crippen molar-refractivity contribution in [2.75, 3.05) is 40.9 Å². The molecule has 0 radical (unpaired) electrons. The molecule has 10 heteroatoms. The van der Waals surface area contributed by atoms with E-state index in [1.54, 1.807) is 0 Å². The molecule has 0 fully saturated rings. The maximum Gasteiger partial charge on any atom is 0.268 e. The van der Waals surface area contributed by atoms with Gasteiger partial charge in [0.1, 0.15) is 19.3 Å². The number of allylic oxidation sites excluding steroid dienone is 26. The molecule has 0 saturated heterocycles. The van der Waals surface area contributed by atoms with Crippen LogP contribution in [0.5, 0.6) is 0 Å². The summed E-state index contributed by atoms with van der Waals surface area (Å²) in [5, 5.41) is 24.7. The molecule has 0 aliphatic rings. The number of carbonyl (C=O) groups is 1. The number of hydrogen-bond acceptors (Lipinski definition) is 7. The predicted octanol–water partition coefficient (Wildman–Crippen LogP) is 16.2. The lowest BCUT2D eigenvalue weighted by atomic mass is 10.0. The van der Waals surface area contributed by atoms with Crippen LogP contribution in [0.2, 0.25) is 0 Å². The molecule has 0 aromatic heterocycles. The first kappa shape index (κ1) is 71.1. The average molecular weight is 1060 g/mol. The Kier molecular flexibility index (Phi) is 50.7. The number of rotatable bonds is 50. The lowest BCUT2D eigenvalue weighted by Gasteiger charge is -2.31. The number of unbranched alkanes of at least 4 members (excludes halogenated alkanes) is 11. The van der Waals surface area contributed by atoms with Crippen LogP contribution in [0.1, 0.15) is 187 Å². The van der Waals surface area contributed by atoms with Gasteiger partial charge in [-0.15, -0.1) is 0 Å². The highest BCUT2D eigenvalue weighted by Crippen LogP contribution is 2.38. The van der Waals surface area contributed by atoms with Crippen LogP contribution in [0.4, 0.5) is 0 Å². The van der Waals surface area contributed by atoms with Gasteiger partial charge in [-0.25, -0.2) is 0 Å². The SMILES string of the molecule is C/C=C/CC/C=C/CC/C=C/CCCC(O)C(O)C(COP(=O)([O-])OCC[N+](C)(C)C)NC(=O)CCCCCCCCCC/C=C\C/C=C\C/C=C\C/C=C\C/C=C\C/C=C\C/C=C\C/C=C\C/C=C\C/C=C\CC. The van der Waals surface area contributed by atoms with Gasteiger partial charge in [0, 0.05) is 6.42 Å². The molecule has 0 aliphatic carbocycles. The van der Waals surface area contributed by atoms with E-state index in [1.165, 1.54) is 25.7 Å². The minimum Gasteiger partial charge on any atom is -0.756 e. The molecule has 9 nitrogen and oxygen atoms in total. The smallest absolute Gasteiger partial charge is 0.268 e. The van der Waals surface area contributed by atoms with Crippen LogP contribution in [0.25, 0.3) is 0 Å². The van der Waals surface area contributed by atoms with Gasteiger partial charge < -0.3 is 34.0 Å². The van der Waals surface area contributed by atoms with E-state index in [9.17, 15) is 24.5 Å². The highest BCUT2D eigenvalue weighted by atomic mass is 31.2. The first-order chi connectivity index (χ1) is 36.4. The van der Waals surface area contributed by atoms with Crippen molar-refractivity contribution in [3.63, 3.8) is 0 Å². The summed E-state index contributed by atoms with van der Waals surface area (Å²) in [6.07, 6.45) is 80.4. The Morgan fingerprint density at radius 3 is 1.29 bits per heavy atom. The molecule has 0 aromatic carbocycles. The average Bonchev–Trinajstić information content (AvgIpc) is 3.37. The molecule has 0 saturated carbocycles. The third-order valence-electron chi connectivity index (χ3n) is 11.9. The van der Waals surface area contributed by atoms with Crippen LogP contribution < -0.4 is 10.2 Å². The zero-order chi connectivity index (χ0) is 55.0. The number of hydrogen-bond donors (Lipinski definition) is 3. The van der Waals surface area contributed by atoms with Crippen LogP contribution >= 0.6 is 7.82 Å². The third kappa shape index (κ3) is 54.7. The molecule has 0 spiro atoms. The minimum atomic E-state index is -4.70. The van der Waals surface area contributed by atoms with E-state index in [4.69, 9.17) is 9.05 Å². The fourth-order valence-electron chi connectivity index (χ4n) is 7.38. The number of quaternary nitrogens is 1. The van der Waals surface area contributed by atoms with Gasteiger partial charge in [0.2, 0.25) is 5.91 Å². The Labute approximate surface area is 459 Å². The van der Waals surface area contributed by atoms with Crippen LogP contribution in [0, 0.1) is 0 Å². The fraction of sp³-hybridized carbons (Fsp3) is 0.585. The Morgan fingerprint density at radius 2 is 0.867 bits per heavy atom. The molecule has 4 unspecified atom stereocenters. The zero-order valence-corrected chi connectivity index (χ0v) is 48.7. The molecular weight excluding hydrogens is 952 g/mol. The van der Waals surface area contributed by atoms with E-state index < -0.39 is 32.7 Å². The van der Waals surface area contributed by atoms with Gasteiger partial charge in [0.05, 0.1) is 39.9 Å². The maximum atomic E-state index is 13.0. The van der Waals surface area contributed by atoms with Crippen molar-refractivity contribution in [3.05, 3.63) is 158 Å². The quantitative estimate of drug-likeness (QED) is 0.0240. The molecule has 1 amide bonds. The third-order valence-corrected chi connectivity index (χ3v) is 12.9.